The van der Waals surface area contributed by atoms with Gasteiger partial charge >= 0.3 is 7.82 Å². The number of ether oxygens (including phenoxy) is 4. The number of rotatable bonds is 7. The van der Waals surface area contributed by atoms with E-state index < -0.39 is 38.5 Å². The molecule has 2 aliphatic heterocycles. The lowest BCUT2D eigenvalue weighted by Crippen LogP contribution is -2.62. The molecule has 2 aromatic carbocycles. The number of phosphoric ester groups is 1. The second kappa shape index (κ2) is 9.68. The molecule has 9 heteroatoms. The van der Waals surface area contributed by atoms with Gasteiger partial charge in [-0.1, -0.05) is 60.7 Å². The summed E-state index contributed by atoms with van der Waals surface area (Å²) in [6.45, 7) is 0.468. The Kier molecular flexibility index (Phi) is 6.98. The monoisotopic (exact) mass is 436 g/mol. The summed E-state index contributed by atoms with van der Waals surface area (Å²) in [5.41, 5.74) is 1.92. The minimum absolute atomic E-state index is 0.102. The fourth-order valence-electron chi connectivity index (χ4n) is 3.58. The molecule has 2 aromatic rings. The number of phosphoric acid groups is 1. The molecule has 1 N–H and O–H groups in total. The van der Waals surface area contributed by atoms with E-state index in [2.05, 4.69) is 0 Å². The average Bonchev–Trinajstić information content (AvgIpc) is 2.77. The van der Waals surface area contributed by atoms with Gasteiger partial charge in [-0.05, 0) is 11.1 Å². The zero-order valence-corrected chi connectivity index (χ0v) is 17.4. The highest BCUT2D eigenvalue weighted by Crippen LogP contribution is 2.51. The van der Waals surface area contributed by atoms with Gasteiger partial charge in [0.15, 0.2) is 6.29 Å². The molecule has 162 valence electrons. The van der Waals surface area contributed by atoms with Gasteiger partial charge in [0.05, 0.1) is 19.8 Å². The Hall–Kier alpha value is -1.61. The van der Waals surface area contributed by atoms with E-state index in [-0.39, 0.29) is 13.2 Å². The van der Waals surface area contributed by atoms with Crippen molar-refractivity contribution in [3.8, 4) is 0 Å². The summed E-state index contributed by atoms with van der Waals surface area (Å²) in [7, 11) is -2.68. The van der Waals surface area contributed by atoms with Gasteiger partial charge in [-0.2, -0.15) is 0 Å². The molecule has 2 heterocycles. The van der Waals surface area contributed by atoms with E-state index in [4.69, 9.17) is 28.0 Å². The maximum atomic E-state index is 12.1. The fourth-order valence-corrected chi connectivity index (χ4v) is 4.54. The average molecular weight is 436 g/mol. The molecule has 0 amide bonds. The van der Waals surface area contributed by atoms with Crippen molar-refractivity contribution in [2.75, 3.05) is 13.7 Å². The van der Waals surface area contributed by atoms with E-state index in [1.807, 2.05) is 60.7 Å². The van der Waals surface area contributed by atoms with Gasteiger partial charge in [0.25, 0.3) is 0 Å². The zero-order chi connectivity index (χ0) is 21.0. The summed E-state index contributed by atoms with van der Waals surface area (Å²) >= 11 is 0. The summed E-state index contributed by atoms with van der Waals surface area (Å²) in [5.74, 6) is 0. The van der Waals surface area contributed by atoms with Crippen molar-refractivity contribution < 1.29 is 37.5 Å². The maximum absolute atomic E-state index is 12.1. The lowest BCUT2D eigenvalue weighted by atomic mass is 9.98. The van der Waals surface area contributed by atoms with Crippen LogP contribution < -0.4 is 0 Å². The largest absolute Gasteiger partial charge is 0.472 e. The number of benzene rings is 2. The molecule has 0 radical (unpaired) electrons. The Morgan fingerprint density at radius 2 is 1.53 bits per heavy atom. The summed E-state index contributed by atoms with van der Waals surface area (Å²) in [6.07, 6.45) is -3.61. The predicted octanol–water partition coefficient (Wildman–Crippen LogP) is 3.04. The highest BCUT2D eigenvalue weighted by atomic mass is 31.2. The van der Waals surface area contributed by atoms with Crippen molar-refractivity contribution in [1.29, 1.82) is 0 Å². The van der Waals surface area contributed by atoms with Gasteiger partial charge in [0, 0.05) is 7.11 Å². The van der Waals surface area contributed by atoms with Crippen molar-refractivity contribution in [2.45, 2.75) is 43.9 Å². The van der Waals surface area contributed by atoms with Crippen LogP contribution in [-0.4, -0.2) is 49.3 Å². The SMILES string of the molecule is CO[C@H]1O[C@@H]2COP(=O)(O)O[C@H]2[C@H](OCc2ccccc2)[C@H]1OCc1ccccc1. The Morgan fingerprint density at radius 1 is 0.967 bits per heavy atom. The first-order valence-electron chi connectivity index (χ1n) is 9.71. The summed E-state index contributed by atoms with van der Waals surface area (Å²) in [4.78, 5) is 9.86. The quantitative estimate of drug-likeness (QED) is 0.663. The van der Waals surface area contributed by atoms with Crippen LogP contribution in [0.25, 0.3) is 0 Å². The Balaban J connectivity index is 1.56. The van der Waals surface area contributed by atoms with Crippen LogP contribution in [0.5, 0.6) is 0 Å². The van der Waals surface area contributed by atoms with Crippen LogP contribution in [-0.2, 0) is 45.8 Å². The van der Waals surface area contributed by atoms with Crippen LogP contribution in [0.2, 0.25) is 0 Å². The van der Waals surface area contributed by atoms with Crippen LogP contribution in [0.15, 0.2) is 60.7 Å². The predicted molar refractivity (Wildman–Crippen MR) is 106 cm³/mol. The second-order valence-electron chi connectivity index (χ2n) is 7.14. The van der Waals surface area contributed by atoms with E-state index in [1.165, 1.54) is 7.11 Å². The van der Waals surface area contributed by atoms with Crippen molar-refractivity contribution in [2.24, 2.45) is 0 Å². The van der Waals surface area contributed by atoms with E-state index >= 15 is 0 Å². The maximum Gasteiger partial charge on any atom is 0.472 e. The van der Waals surface area contributed by atoms with Crippen LogP contribution >= 0.6 is 7.82 Å². The third-order valence-corrected chi connectivity index (χ3v) is 6.04. The number of methoxy groups -OCH3 is 1. The summed E-state index contributed by atoms with van der Waals surface area (Å²) in [6, 6.07) is 19.3. The van der Waals surface area contributed by atoms with Gasteiger partial charge in [0.2, 0.25) is 0 Å². The third kappa shape index (κ3) is 5.17. The van der Waals surface area contributed by atoms with Gasteiger partial charge < -0.3 is 23.8 Å². The molecule has 1 unspecified atom stereocenters. The first kappa shape index (κ1) is 21.6. The van der Waals surface area contributed by atoms with Gasteiger partial charge in [-0.15, -0.1) is 0 Å². The summed E-state index contributed by atoms with van der Waals surface area (Å²) in [5, 5.41) is 0. The minimum Gasteiger partial charge on any atom is -0.368 e. The zero-order valence-electron chi connectivity index (χ0n) is 16.5. The molecule has 8 nitrogen and oxygen atoms in total. The van der Waals surface area contributed by atoms with Gasteiger partial charge in [0.1, 0.15) is 24.4 Å². The molecule has 0 aliphatic carbocycles. The molecule has 4 rings (SSSR count). The molecule has 0 spiro atoms. The molecule has 2 aliphatic rings. The highest BCUT2D eigenvalue weighted by Gasteiger charge is 2.53. The molecule has 0 bridgehead atoms. The number of hydrogen-bond donors (Lipinski definition) is 1. The standard InChI is InChI=1S/C21H25O8P/c1-24-21-20(26-13-16-10-6-3-7-11-16)19(25-12-15-8-4-2-5-9-15)18-17(28-21)14-27-30(22,23)29-18/h2-11,17-21H,12-14H2,1H3,(H,22,23)/t17-,18-,19+,20-,21+/m1/s1. The minimum atomic E-state index is -4.20. The Labute approximate surface area is 175 Å². The van der Waals surface area contributed by atoms with Crippen molar-refractivity contribution >= 4 is 7.82 Å². The highest BCUT2D eigenvalue weighted by molar-refractivity contribution is 7.47. The van der Waals surface area contributed by atoms with Crippen LogP contribution in [0.3, 0.4) is 0 Å². The van der Waals surface area contributed by atoms with E-state index in [9.17, 15) is 9.46 Å². The van der Waals surface area contributed by atoms with E-state index in [0.717, 1.165) is 11.1 Å². The van der Waals surface area contributed by atoms with Gasteiger partial charge in [-0.25, -0.2) is 4.57 Å². The molecule has 0 aromatic heterocycles. The second-order valence-corrected chi connectivity index (χ2v) is 8.54. The van der Waals surface area contributed by atoms with Crippen LogP contribution in [0.1, 0.15) is 11.1 Å². The first-order chi connectivity index (χ1) is 14.6. The van der Waals surface area contributed by atoms with Crippen LogP contribution in [0, 0.1) is 0 Å². The van der Waals surface area contributed by atoms with E-state index in [0.29, 0.717) is 6.61 Å². The fraction of sp³-hybridized carbons (Fsp3) is 0.429. The lowest BCUT2D eigenvalue weighted by Gasteiger charge is -2.47. The molecular weight excluding hydrogens is 411 g/mol. The molecular formula is C21H25O8P. The van der Waals surface area contributed by atoms with Gasteiger partial charge in [-0.3, -0.25) is 9.05 Å². The third-order valence-electron chi connectivity index (χ3n) is 5.05. The number of fused-ring (bicyclic) bond motifs is 1. The Morgan fingerprint density at radius 3 is 2.10 bits per heavy atom. The van der Waals surface area contributed by atoms with E-state index in [1.54, 1.807) is 0 Å². The molecule has 0 saturated carbocycles. The van der Waals surface area contributed by atoms with Crippen LogP contribution in [0.4, 0.5) is 0 Å². The molecule has 6 atom stereocenters. The molecule has 2 fully saturated rings. The van der Waals surface area contributed by atoms with Crippen molar-refractivity contribution in [1.82, 2.24) is 0 Å². The normalized spacial score (nSPS) is 33.7. The molecule has 2 saturated heterocycles. The smallest absolute Gasteiger partial charge is 0.368 e. The molecule has 30 heavy (non-hydrogen) atoms. The topological polar surface area (TPSA) is 92.7 Å². The first-order valence-corrected chi connectivity index (χ1v) is 11.2. The summed E-state index contributed by atoms with van der Waals surface area (Å²) < 4.78 is 46.0. The van der Waals surface area contributed by atoms with Crippen molar-refractivity contribution in [3.63, 3.8) is 0 Å². The Bertz CT molecular complexity index is 849. The van der Waals surface area contributed by atoms with Crippen molar-refractivity contribution in [3.05, 3.63) is 71.8 Å². The lowest BCUT2D eigenvalue weighted by molar-refractivity contribution is -0.317. The number of hydrogen-bond acceptors (Lipinski definition) is 7.